The van der Waals surface area contributed by atoms with E-state index in [-0.39, 0.29) is 18.4 Å². The van der Waals surface area contributed by atoms with Crippen LogP contribution < -0.4 is 16.0 Å². The van der Waals surface area contributed by atoms with Crippen LogP contribution in [-0.4, -0.2) is 50.7 Å². The van der Waals surface area contributed by atoms with Gasteiger partial charge in [-0.05, 0) is 42.2 Å². The van der Waals surface area contributed by atoms with Crippen molar-refractivity contribution in [3.05, 3.63) is 83.3 Å². The van der Waals surface area contributed by atoms with Crippen LogP contribution in [0.1, 0.15) is 51.7 Å². The minimum absolute atomic E-state index is 0.0604. The molecule has 0 spiro atoms. The van der Waals surface area contributed by atoms with Crippen molar-refractivity contribution in [3.8, 4) is 0 Å². The standard InChI is InChI=1S/C31H43N3O6S/c1-22(2)18-27(29(35)32-26(16-17-41(5,38)39)20-24-12-8-6-9-13-24)33-30(36)28(19-23(3)4)34-31(37)40-21-25-14-10-7-11-15-25/h6-17,22-23,26-28H,18-21H2,1-5H3,(H,32,35)(H,33,36)(H,34,37)/b17-16+/t26?,27-,28-/m0/s1. The number of carbonyl (C=O) groups is 3. The Labute approximate surface area is 244 Å². The topological polar surface area (TPSA) is 131 Å². The molecule has 2 aromatic rings. The highest BCUT2D eigenvalue weighted by molar-refractivity contribution is 7.93. The molecular formula is C31H43N3O6S. The zero-order chi connectivity index (χ0) is 30.4. The number of ether oxygens (including phenoxy) is 1. The maximum atomic E-state index is 13.4. The Morgan fingerprint density at radius 2 is 1.24 bits per heavy atom. The highest BCUT2D eigenvalue weighted by atomic mass is 32.2. The quantitative estimate of drug-likeness (QED) is 0.288. The maximum Gasteiger partial charge on any atom is 0.408 e. The first-order chi connectivity index (χ1) is 19.3. The van der Waals surface area contributed by atoms with Crippen molar-refractivity contribution in [2.75, 3.05) is 6.26 Å². The fourth-order valence-corrected chi connectivity index (χ4v) is 4.62. The summed E-state index contributed by atoms with van der Waals surface area (Å²) in [4.78, 5) is 39.3. The van der Waals surface area contributed by atoms with Crippen molar-refractivity contribution in [2.45, 2.75) is 71.7 Å². The number of amides is 3. The van der Waals surface area contributed by atoms with Crippen molar-refractivity contribution in [1.82, 2.24) is 16.0 Å². The number of nitrogens with one attached hydrogen (secondary N) is 3. The van der Waals surface area contributed by atoms with Gasteiger partial charge in [-0.2, -0.15) is 0 Å². The molecular weight excluding hydrogens is 542 g/mol. The van der Waals surface area contributed by atoms with Crippen molar-refractivity contribution < 1.29 is 27.5 Å². The third-order valence-electron chi connectivity index (χ3n) is 6.05. The maximum absolute atomic E-state index is 13.4. The van der Waals surface area contributed by atoms with Crippen LogP contribution in [-0.2, 0) is 37.2 Å². The minimum Gasteiger partial charge on any atom is -0.445 e. The molecule has 0 aliphatic rings. The van der Waals surface area contributed by atoms with Gasteiger partial charge in [0.05, 0.1) is 6.04 Å². The first-order valence-electron chi connectivity index (χ1n) is 13.8. The van der Waals surface area contributed by atoms with Crippen molar-refractivity contribution in [3.63, 3.8) is 0 Å². The summed E-state index contributed by atoms with van der Waals surface area (Å²) in [5, 5.41) is 9.42. The molecule has 1 unspecified atom stereocenters. The van der Waals surface area contributed by atoms with Crippen LogP contribution in [0.25, 0.3) is 0 Å². The summed E-state index contributed by atoms with van der Waals surface area (Å²) >= 11 is 0. The summed E-state index contributed by atoms with van der Waals surface area (Å²) in [5.74, 6) is -0.796. The minimum atomic E-state index is -3.42. The SMILES string of the molecule is CC(C)C[C@H](NC(=O)OCc1ccccc1)C(=O)N[C@@H](CC(C)C)C(=O)NC(/C=C/S(C)(=O)=O)Cc1ccccc1. The van der Waals surface area contributed by atoms with E-state index in [1.807, 2.05) is 88.4 Å². The first-order valence-corrected chi connectivity index (χ1v) is 15.8. The summed E-state index contributed by atoms with van der Waals surface area (Å²) in [7, 11) is -3.42. The number of benzene rings is 2. The van der Waals surface area contributed by atoms with E-state index in [4.69, 9.17) is 4.74 Å². The molecule has 0 radical (unpaired) electrons. The molecule has 0 aliphatic carbocycles. The lowest BCUT2D eigenvalue weighted by Gasteiger charge is -2.26. The van der Waals surface area contributed by atoms with Gasteiger partial charge in [0.1, 0.15) is 18.7 Å². The van der Waals surface area contributed by atoms with Crippen molar-refractivity contribution in [2.24, 2.45) is 11.8 Å². The van der Waals surface area contributed by atoms with Crippen LogP contribution in [0.5, 0.6) is 0 Å². The van der Waals surface area contributed by atoms with Gasteiger partial charge in [0.15, 0.2) is 9.84 Å². The van der Waals surface area contributed by atoms with Crippen LogP contribution in [0.4, 0.5) is 4.79 Å². The Morgan fingerprint density at radius 1 is 0.756 bits per heavy atom. The predicted molar refractivity (Wildman–Crippen MR) is 160 cm³/mol. The molecule has 0 aromatic heterocycles. The van der Waals surface area contributed by atoms with E-state index < -0.39 is 45.9 Å². The lowest BCUT2D eigenvalue weighted by Crippen LogP contribution is -2.55. The van der Waals surface area contributed by atoms with E-state index in [1.165, 1.54) is 6.08 Å². The largest absolute Gasteiger partial charge is 0.445 e. The van der Waals surface area contributed by atoms with Gasteiger partial charge in [0.2, 0.25) is 11.8 Å². The molecule has 10 heteroatoms. The third-order valence-corrected chi connectivity index (χ3v) is 6.70. The lowest BCUT2D eigenvalue weighted by atomic mass is 9.99. The molecule has 0 saturated carbocycles. The third kappa shape index (κ3) is 14.0. The summed E-state index contributed by atoms with van der Waals surface area (Å²) in [6.07, 6.45) is 2.85. The summed E-state index contributed by atoms with van der Waals surface area (Å²) in [5.41, 5.74) is 1.73. The van der Waals surface area contributed by atoms with E-state index in [2.05, 4.69) is 16.0 Å². The Bertz CT molecular complexity index is 1250. The van der Waals surface area contributed by atoms with E-state index in [1.54, 1.807) is 0 Å². The molecule has 0 heterocycles. The highest BCUT2D eigenvalue weighted by Crippen LogP contribution is 2.11. The van der Waals surface area contributed by atoms with Crippen LogP contribution in [0, 0.1) is 11.8 Å². The number of hydrogen-bond donors (Lipinski definition) is 3. The molecule has 0 aliphatic heterocycles. The van der Waals surface area contributed by atoms with Crippen LogP contribution in [0.3, 0.4) is 0 Å². The van der Waals surface area contributed by atoms with Gasteiger partial charge in [-0.1, -0.05) is 94.4 Å². The first kappa shape index (κ1) is 33.5. The van der Waals surface area contributed by atoms with Crippen LogP contribution in [0.15, 0.2) is 72.1 Å². The number of alkyl carbamates (subject to hydrolysis) is 1. The van der Waals surface area contributed by atoms with E-state index >= 15 is 0 Å². The van der Waals surface area contributed by atoms with Gasteiger partial charge in [-0.25, -0.2) is 13.2 Å². The number of sulfone groups is 1. The lowest BCUT2D eigenvalue weighted by molar-refractivity contribution is -0.130. The molecule has 224 valence electrons. The second-order valence-electron chi connectivity index (χ2n) is 11.0. The second-order valence-corrected chi connectivity index (χ2v) is 13.0. The van der Waals surface area contributed by atoms with E-state index in [0.717, 1.165) is 22.8 Å². The molecule has 3 amide bonds. The highest BCUT2D eigenvalue weighted by Gasteiger charge is 2.29. The normalized spacial score (nSPS) is 13.9. The van der Waals surface area contributed by atoms with Crippen molar-refractivity contribution >= 4 is 27.7 Å². The predicted octanol–water partition coefficient (Wildman–Crippen LogP) is 4.14. The van der Waals surface area contributed by atoms with Gasteiger partial charge >= 0.3 is 6.09 Å². The average Bonchev–Trinajstić information content (AvgIpc) is 2.90. The molecule has 0 fully saturated rings. The van der Waals surface area contributed by atoms with Crippen LogP contribution in [0.2, 0.25) is 0 Å². The fourth-order valence-electron chi connectivity index (χ4n) is 4.14. The Morgan fingerprint density at radius 3 is 1.76 bits per heavy atom. The molecule has 9 nitrogen and oxygen atoms in total. The molecule has 3 atom stereocenters. The summed E-state index contributed by atoms with van der Waals surface area (Å²) in [6, 6.07) is 16.2. The monoisotopic (exact) mass is 585 g/mol. The van der Waals surface area contributed by atoms with Gasteiger partial charge < -0.3 is 20.7 Å². The fraction of sp³-hybridized carbons (Fsp3) is 0.452. The van der Waals surface area contributed by atoms with E-state index in [9.17, 15) is 22.8 Å². The zero-order valence-electron chi connectivity index (χ0n) is 24.5. The van der Waals surface area contributed by atoms with Gasteiger partial charge in [0.25, 0.3) is 0 Å². The molecule has 2 rings (SSSR count). The Kier molecular flexibility index (Phi) is 13.6. The Hall–Kier alpha value is -3.66. The average molecular weight is 586 g/mol. The van der Waals surface area contributed by atoms with Gasteiger partial charge in [-0.15, -0.1) is 0 Å². The zero-order valence-corrected chi connectivity index (χ0v) is 25.3. The molecule has 2 aromatic carbocycles. The number of carbonyl (C=O) groups excluding carboxylic acids is 3. The van der Waals surface area contributed by atoms with Gasteiger partial charge in [-0.3, -0.25) is 9.59 Å². The smallest absolute Gasteiger partial charge is 0.408 e. The molecule has 3 N–H and O–H groups in total. The van der Waals surface area contributed by atoms with Crippen LogP contribution >= 0.6 is 0 Å². The molecule has 0 saturated heterocycles. The second kappa shape index (κ2) is 16.6. The number of rotatable bonds is 15. The van der Waals surface area contributed by atoms with E-state index in [0.29, 0.717) is 19.3 Å². The molecule has 41 heavy (non-hydrogen) atoms. The number of hydrogen-bond acceptors (Lipinski definition) is 6. The van der Waals surface area contributed by atoms with Gasteiger partial charge in [0, 0.05) is 11.7 Å². The summed E-state index contributed by atoms with van der Waals surface area (Å²) in [6.45, 7) is 7.78. The Balaban J connectivity index is 2.15. The summed E-state index contributed by atoms with van der Waals surface area (Å²) < 4.78 is 28.9. The molecule has 0 bridgehead atoms. The van der Waals surface area contributed by atoms with Crippen molar-refractivity contribution in [1.29, 1.82) is 0 Å².